The molecule has 0 unspecified atom stereocenters. The molecular formula is C21H29N3O6. The Kier molecular flexibility index (Phi) is 7.42. The van der Waals surface area contributed by atoms with Gasteiger partial charge in [-0.15, -0.1) is 0 Å². The lowest BCUT2D eigenvalue weighted by molar-refractivity contribution is 0.0510. The van der Waals surface area contributed by atoms with Gasteiger partial charge in [0.15, 0.2) is 5.69 Å². The van der Waals surface area contributed by atoms with Gasteiger partial charge in [0, 0.05) is 11.9 Å². The molecule has 0 aliphatic heterocycles. The van der Waals surface area contributed by atoms with Crippen LogP contribution in [0.5, 0.6) is 0 Å². The van der Waals surface area contributed by atoms with E-state index in [1.807, 2.05) is 6.92 Å². The summed E-state index contributed by atoms with van der Waals surface area (Å²) in [5, 5.41) is 3.38. The first-order valence-corrected chi connectivity index (χ1v) is 9.90. The first kappa shape index (κ1) is 23.2. The van der Waals surface area contributed by atoms with Crippen molar-refractivity contribution < 1.29 is 28.6 Å². The summed E-state index contributed by atoms with van der Waals surface area (Å²) in [6, 6.07) is 3.25. The second-order valence-corrected chi connectivity index (χ2v) is 7.77. The molecule has 2 heterocycles. The number of carbonyl (C=O) groups is 3. The number of rotatable bonds is 7. The number of hydrogen-bond acceptors (Lipinski definition) is 7. The van der Waals surface area contributed by atoms with Crippen LogP contribution in [0.2, 0.25) is 0 Å². The van der Waals surface area contributed by atoms with E-state index in [0.29, 0.717) is 11.0 Å². The number of carbonyl (C=O) groups excluding carboxylic acids is 3. The number of esters is 2. The highest BCUT2D eigenvalue weighted by Crippen LogP contribution is 2.27. The number of aromatic nitrogens is 2. The van der Waals surface area contributed by atoms with Crippen molar-refractivity contribution in [1.82, 2.24) is 15.3 Å². The van der Waals surface area contributed by atoms with Crippen LogP contribution in [-0.2, 0) is 14.2 Å². The number of ether oxygens (including phenoxy) is 3. The topological polar surface area (TPSA) is 120 Å². The Bertz CT molecular complexity index is 929. The number of alkyl carbamates (subject to hydrolysis) is 1. The summed E-state index contributed by atoms with van der Waals surface area (Å²) in [4.78, 5) is 43.6. The maximum Gasteiger partial charge on any atom is 0.407 e. The van der Waals surface area contributed by atoms with Crippen LogP contribution in [0, 0.1) is 0 Å². The SMILES string of the molecule is CCOC(=O)c1cc([C@H](C)CNC(=O)OC(C)(C)C)c2cc(C(=O)OCC)[nH]c2n1. The molecule has 2 N–H and O–H groups in total. The first-order valence-electron chi connectivity index (χ1n) is 9.90. The highest BCUT2D eigenvalue weighted by atomic mass is 16.6. The Morgan fingerprint density at radius 3 is 2.33 bits per heavy atom. The zero-order chi connectivity index (χ0) is 22.5. The fourth-order valence-corrected chi connectivity index (χ4v) is 2.83. The number of H-pyrrole nitrogens is 1. The third-order valence-corrected chi connectivity index (χ3v) is 4.09. The van der Waals surface area contributed by atoms with Gasteiger partial charge in [0.05, 0.1) is 13.2 Å². The van der Waals surface area contributed by atoms with Crippen LogP contribution in [0.25, 0.3) is 11.0 Å². The van der Waals surface area contributed by atoms with E-state index in [0.717, 1.165) is 5.56 Å². The molecule has 0 spiro atoms. The lowest BCUT2D eigenvalue weighted by Crippen LogP contribution is -2.34. The zero-order valence-electron chi connectivity index (χ0n) is 18.3. The van der Waals surface area contributed by atoms with E-state index in [1.54, 1.807) is 46.8 Å². The molecule has 0 fully saturated rings. The van der Waals surface area contributed by atoms with Gasteiger partial charge in [-0.25, -0.2) is 19.4 Å². The van der Waals surface area contributed by atoms with Gasteiger partial charge >= 0.3 is 18.0 Å². The van der Waals surface area contributed by atoms with E-state index in [1.165, 1.54) is 0 Å². The van der Waals surface area contributed by atoms with Gasteiger partial charge in [-0.2, -0.15) is 0 Å². The molecule has 2 aromatic heterocycles. The van der Waals surface area contributed by atoms with Crippen molar-refractivity contribution in [3.8, 4) is 0 Å². The highest BCUT2D eigenvalue weighted by molar-refractivity contribution is 5.97. The van der Waals surface area contributed by atoms with Crippen LogP contribution in [0.15, 0.2) is 12.1 Å². The van der Waals surface area contributed by atoms with Crippen LogP contribution in [0.1, 0.15) is 74.0 Å². The molecule has 0 radical (unpaired) electrons. The lowest BCUT2D eigenvalue weighted by atomic mass is 9.98. The molecule has 0 aromatic carbocycles. The van der Waals surface area contributed by atoms with Gasteiger partial charge in [0.25, 0.3) is 0 Å². The van der Waals surface area contributed by atoms with E-state index < -0.39 is 23.6 Å². The van der Waals surface area contributed by atoms with Crippen molar-refractivity contribution in [2.24, 2.45) is 0 Å². The van der Waals surface area contributed by atoms with Gasteiger partial charge < -0.3 is 24.5 Å². The molecule has 0 aliphatic rings. The normalized spacial score (nSPS) is 12.3. The number of fused-ring (bicyclic) bond motifs is 1. The quantitative estimate of drug-likeness (QED) is 0.520. The van der Waals surface area contributed by atoms with Gasteiger partial charge in [0.1, 0.15) is 16.9 Å². The number of hydrogen-bond donors (Lipinski definition) is 2. The van der Waals surface area contributed by atoms with Crippen molar-refractivity contribution in [1.29, 1.82) is 0 Å². The van der Waals surface area contributed by atoms with Crippen LogP contribution < -0.4 is 5.32 Å². The summed E-state index contributed by atoms with van der Waals surface area (Å²) in [5.74, 6) is -1.29. The Morgan fingerprint density at radius 1 is 1.10 bits per heavy atom. The largest absolute Gasteiger partial charge is 0.461 e. The maximum atomic E-state index is 12.2. The standard InChI is InChI=1S/C21H29N3O6/c1-7-28-18(25)15-9-13(12(3)11-22-20(27)30-21(4,5)6)14-10-16(19(26)29-8-2)24-17(14)23-15/h9-10,12H,7-8,11H2,1-6H3,(H,22,27)(H,23,24)/t12-/m1/s1. The predicted octanol–water partition coefficient (Wildman–Crippen LogP) is 3.54. The molecule has 1 amide bonds. The van der Waals surface area contributed by atoms with E-state index in [2.05, 4.69) is 15.3 Å². The fraction of sp³-hybridized carbons (Fsp3) is 0.524. The monoisotopic (exact) mass is 419 g/mol. The third-order valence-electron chi connectivity index (χ3n) is 4.09. The molecule has 9 nitrogen and oxygen atoms in total. The van der Waals surface area contributed by atoms with E-state index in [-0.39, 0.29) is 37.1 Å². The number of pyridine rings is 1. The number of nitrogens with one attached hydrogen (secondary N) is 2. The summed E-state index contributed by atoms with van der Waals surface area (Å²) in [5.41, 5.74) is 0.826. The molecule has 2 aromatic rings. The van der Waals surface area contributed by atoms with Crippen LogP contribution in [0.4, 0.5) is 4.79 Å². The molecule has 0 saturated carbocycles. The van der Waals surface area contributed by atoms with Gasteiger partial charge in [-0.1, -0.05) is 6.92 Å². The third kappa shape index (κ3) is 5.95. The molecule has 0 aliphatic carbocycles. The summed E-state index contributed by atoms with van der Waals surface area (Å²) >= 11 is 0. The van der Waals surface area contributed by atoms with E-state index in [9.17, 15) is 14.4 Å². The van der Waals surface area contributed by atoms with Crippen LogP contribution in [0.3, 0.4) is 0 Å². The van der Waals surface area contributed by atoms with Crippen molar-refractivity contribution in [3.63, 3.8) is 0 Å². The number of amides is 1. The Hall–Kier alpha value is -3.10. The average Bonchev–Trinajstić information content (AvgIpc) is 3.08. The summed E-state index contributed by atoms with van der Waals surface area (Å²) in [6.07, 6.45) is -0.536. The smallest absolute Gasteiger partial charge is 0.407 e. The zero-order valence-corrected chi connectivity index (χ0v) is 18.3. The fourth-order valence-electron chi connectivity index (χ4n) is 2.83. The van der Waals surface area contributed by atoms with Crippen molar-refractivity contribution in [2.75, 3.05) is 19.8 Å². The van der Waals surface area contributed by atoms with Crippen LogP contribution in [-0.4, -0.2) is 53.4 Å². The summed E-state index contributed by atoms with van der Waals surface area (Å²) in [7, 11) is 0. The van der Waals surface area contributed by atoms with Crippen molar-refractivity contribution >= 4 is 29.1 Å². The highest BCUT2D eigenvalue weighted by Gasteiger charge is 2.22. The molecule has 0 saturated heterocycles. The molecule has 1 atom stereocenters. The lowest BCUT2D eigenvalue weighted by Gasteiger charge is -2.21. The Labute approximate surface area is 175 Å². The predicted molar refractivity (Wildman–Crippen MR) is 111 cm³/mol. The maximum absolute atomic E-state index is 12.2. The summed E-state index contributed by atoms with van der Waals surface area (Å²) < 4.78 is 15.4. The summed E-state index contributed by atoms with van der Waals surface area (Å²) in [6.45, 7) is 11.4. The van der Waals surface area contributed by atoms with Crippen molar-refractivity contribution in [3.05, 3.63) is 29.1 Å². The average molecular weight is 419 g/mol. The van der Waals surface area contributed by atoms with E-state index >= 15 is 0 Å². The minimum atomic E-state index is -0.608. The Morgan fingerprint density at radius 2 is 1.73 bits per heavy atom. The number of nitrogens with zero attached hydrogens (tertiary/aromatic N) is 1. The number of aromatic amines is 1. The van der Waals surface area contributed by atoms with Crippen LogP contribution >= 0.6 is 0 Å². The molecule has 2 rings (SSSR count). The van der Waals surface area contributed by atoms with E-state index in [4.69, 9.17) is 14.2 Å². The van der Waals surface area contributed by atoms with Gasteiger partial charge in [0.2, 0.25) is 0 Å². The molecule has 30 heavy (non-hydrogen) atoms. The molecule has 9 heteroatoms. The molecular weight excluding hydrogens is 390 g/mol. The Balaban J connectivity index is 2.37. The minimum absolute atomic E-state index is 0.112. The molecule has 164 valence electrons. The second-order valence-electron chi connectivity index (χ2n) is 7.77. The molecule has 0 bridgehead atoms. The second kappa shape index (κ2) is 9.60. The first-order chi connectivity index (χ1) is 14.1. The van der Waals surface area contributed by atoms with Gasteiger partial charge in [-0.3, -0.25) is 0 Å². The minimum Gasteiger partial charge on any atom is -0.461 e. The van der Waals surface area contributed by atoms with Crippen molar-refractivity contribution in [2.45, 2.75) is 53.1 Å². The van der Waals surface area contributed by atoms with Gasteiger partial charge in [-0.05, 0) is 58.2 Å².